The van der Waals surface area contributed by atoms with Gasteiger partial charge in [0.2, 0.25) is 5.91 Å². The van der Waals surface area contributed by atoms with E-state index in [9.17, 15) is 4.79 Å². The van der Waals surface area contributed by atoms with Crippen molar-refractivity contribution < 1.29 is 9.53 Å². The Kier molecular flexibility index (Phi) is 5.73. The van der Waals surface area contributed by atoms with Gasteiger partial charge in [-0.1, -0.05) is 0 Å². The molecule has 0 unspecified atom stereocenters. The first-order chi connectivity index (χ1) is 10.6. The third kappa shape index (κ3) is 4.18. The van der Waals surface area contributed by atoms with Crippen LogP contribution in [-0.2, 0) is 9.53 Å². The fraction of sp³-hybridized carbons (Fsp3) is 0.562. The zero-order chi connectivity index (χ0) is 15.9. The number of nitrogens with one attached hydrogen (secondary N) is 1. The van der Waals surface area contributed by atoms with E-state index in [1.807, 2.05) is 13.0 Å². The van der Waals surface area contributed by atoms with Crippen LogP contribution in [0.4, 0.5) is 5.82 Å². The van der Waals surface area contributed by atoms with Crippen molar-refractivity contribution in [3.05, 3.63) is 23.9 Å². The molecular weight excluding hydrogens is 280 g/mol. The van der Waals surface area contributed by atoms with Gasteiger partial charge in [0.25, 0.3) is 0 Å². The Labute approximate surface area is 131 Å². The first-order valence-corrected chi connectivity index (χ1v) is 7.54. The fourth-order valence-electron chi connectivity index (χ4n) is 2.66. The highest BCUT2D eigenvalue weighted by Gasteiger charge is 2.26. The predicted molar refractivity (Wildman–Crippen MR) is 83.4 cm³/mol. The summed E-state index contributed by atoms with van der Waals surface area (Å²) in [5.41, 5.74) is 0.560. The van der Waals surface area contributed by atoms with Crippen molar-refractivity contribution in [2.45, 2.75) is 25.8 Å². The Bertz CT molecular complexity index is 530. The molecule has 0 aliphatic carbocycles. The predicted octanol–water partition coefficient (Wildman–Crippen LogP) is 1.32. The summed E-state index contributed by atoms with van der Waals surface area (Å²) in [4.78, 5) is 18.6. The van der Waals surface area contributed by atoms with E-state index >= 15 is 0 Å². The third-order valence-electron chi connectivity index (χ3n) is 3.87. The van der Waals surface area contributed by atoms with E-state index in [-0.39, 0.29) is 17.9 Å². The quantitative estimate of drug-likeness (QED) is 0.887. The van der Waals surface area contributed by atoms with E-state index in [4.69, 9.17) is 10.00 Å². The van der Waals surface area contributed by atoms with Gasteiger partial charge in [0, 0.05) is 38.4 Å². The van der Waals surface area contributed by atoms with Crippen molar-refractivity contribution in [3.8, 4) is 6.07 Å². The number of pyridine rings is 1. The van der Waals surface area contributed by atoms with E-state index in [1.165, 1.54) is 0 Å². The minimum Gasteiger partial charge on any atom is -0.383 e. The standard InChI is InChI=1S/C16H22N4O2/c1-12(11-22-2)19-16(21)14-5-7-20(8-6-14)15-4-3-13(9-17)10-18-15/h3-4,10,12,14H,5-8,11H2,1-2H3,(H,19,21)/t12-/m0/s1. The van der Waals surface area contributed by atoms with Crippen LogP contribution in [0, 0.1) is 17.2 Å². The maximum Gasteiger partial charge on any atom is 0.223 e. The number of aromatic nitrogens is 1. The largest absolute Gasteiger partial charge is 0.383 e. The number of hydrogen-bond donors (Lipinski definition) is 1. The van der Waals surface area contributed by atoms with Crippen LogP contribution in [0.5, 0.6) is 0 Å². The van der Waals surface area contributed by atoms with Gasteiger partial charge in [-0.3, -0.25) is 4.79 Å². The van der Waals surface area contributed by atoms with Crippen LogP contribution in [0.25, 0.3) is 0 Å². The number of hydrogen-bond acceptors (Lipinski definition) is 5. The number of ether oxygens (including phenoxy) is 1. The number of piperidine rings is 1. The first-order valence-electron chi connectivity index (χ1n) is 7.54. The van der Waals surface area contributed by atoms with Gasteiger partial charge in [0.1, 0.15) is 11.9 Å². The molecule has 22 heavy (non-hydrogen) atoms. The summed E-state index contributed by atoms with van der Waals surface area (Å²) in [5.74, 6) is 1.02. The summed E-state index contributed by atoms with van der Waals surface area (Å²) < 4.78 is 5.03. The maximum absolute atomic E-state index is 12.2. The van der Waals surface area contributed by atoms with Gasteiger partial charge in [-0.25, -0.2) is 4.98 Å². The molecule has 1 saturated heterocycles. The molecule has 1 amide bonds. The van der Waals surface area contributed by atoms with E-state index < -0.39 is 0 Å². The zero-order valence-electron chi connectivity index (χ0n) is 13.1. The Hall–Kier alpha value is -2.13. The van der Waals surface area contributed by atoms with Gasteiger partial charge in [0.05, 0.1) is 12.2 Å². The molecule has 1 aromatic heterocycles. The lowest BCUT2D eigenvalue weighted by atomic mass is 9.95. The molecule has 0 bridgehead atoms. The summed E-state index contributed by atoms with van der Waals surface area (Å²) in [6.45, 7) is 4.07. The normalized spacial score (nSPS) is 16.9. The highest BCUT2D eigenvalue weighted by atomic mass is 16.5. The van der Waals surface area contributed by atoms with E-state index in [0.29, 0.717) is 12.2 Å². The van der Waals surface area contributed by atoms with E-state index in [2.05, 4.69) is 21.3 Å². The van der Waals surface area contributed by atoms with Crippen LogP contribution in [0.2, 0.25) is 0 Å². The lowest BCUT2D eigenvalue weighted by molar-refractivity contribution is -0.126. The number of amides is 1. The molecule has 118 valence electrons. The molecule has 1 aromatic rings. The second kappa shape index (κ2) is 7.76. The van der Waals surface area contributed by atoms with E-state index in [1.54, 1.807) is 19.4 Å². The van der Waals surface area contributed by atoms with E-state index in [0.717, 1.165) is 31.7 Å². The number of carbonyl (C=O) groups is 1. The molecule has 2 heterocycles. The third-order valence-corrected chi connectivity index (χ3v) is 3.87. The van der Waals surface area contributed by atoms with Crippen molar-refractivity contribution >= 4 is 11.7 Å². The number of rotatable bonds is 5. The van der Waals surface area contributed by atoms with Crippen molar-refractivity contribution in [1.29, 1.82) is 5.26 Å². The van der Waals surface area contributed by atoms with Crippen LogP contribution in [-0.4, -0.2) is 43.7 Å². The highest BCUT2D eigenvalue weighted by Crippen LogP contribution is 2.22. The summed E-state index contributed by atoms with van der Waals surface area (Å²) in [5, 5.41) is 11.8. The minimum atomic E-state index is 0.0377. The van der Waals surface area contributed by atoms with Crippen LogP contribution >= 0.6 is 0 Å². The van der Waals surface area contributed by atoms with Crippen molar-refractivity contribution in [1.82, 2.24) is 10.3 Å². The average molecular weight is 302 g/mol. The minimum absolute atomic E-state index is 0.0377. The monoisotopic (exact) mass is 302 g/mol. The van der Waals surface area contributed by atoms with Gasteiger partial charge in [0.15, 0.2) is 0 Å². The fourth-order valence-corrected chi connectivity index (χ4v) is 2.66. The van der Waals surface area contributed by atoms with Gasteiger partial charge < -0.3 is 15.0 Å². The number of nitriles is 1. The summed E-state index contributed by atoms with van der Waals surface area (Å²) in [7, 11) is 1.63. The molecule has 0 aromatic carbocycles. The maximum atomic E-state index is 12.2. The van der Waals surface area contributed by atoms with Crippen LogP contribution < -0.4 is 10.2 Å². The Morgan fingerprint density at radius 2 is 2.27 bits per heavy atom. The zero-order valence-corrected chi connectivity index (χ0v) is 13.1. The van der Waals surface area contributed by atoms with Gasteiger partial charge in [-0.2, -0.15) is 5.26 Å². The number of methoxy groups -OCH3 is 1. The van der Waals surface area contributed by atoms with Crippen LogP contribution in [0.15, 0.2) is 18.3 Å². The Morgan fingerprint density at radius 1 is 1.55 bits per heavy atom. The smallest absolute Gasteiger partial charge is 0.223 e. The number of carbonyl (C=O) groups excluding carboxylic acids is 1. The molecule has 1 fully saturated rings. The molecule has 1 atom stereocenters. The molecule has 6 heteroatoms. The van der Waals surface area contributed by atoms with Crippen LogP contribution in [0.1, 0.15) is 25.3 Å². The number of anilines is 1. The SMILES string of the molecule is COC[C@H](C)NC(=O)C1CCN(c2ccc(C#N)cn2)CC1. The average Bonchev–Trinajstić information content (AvgIpc) is 2.55. The highest BCUT2D eigenvalue weighted by molar-refractivity contribution is 5.79. The molecule has 0 saturated carbocycles. The second-order valence-corrected chi connectivity index (χ2v) is 5.64. The first kappa shape index (κ1) is 16.2. The summed E-state index contributed by atoms with van der Waals surface area (Å²) in [6, 6.07) is 5.73. The summed E-state index contributed by atoms with van der Waals surface area (Å²) in [6.07, 6.45) is 3.21. The van der Waals surface area contributed by atoms with Gasteiger partial charge in [-0.05, 0) is 31.9 Å². The van der Waals surface area contributed by atoms with Crippen molar-refractivity contribution in [3.63, 3.8) is 0 Å². The Morgan fingerprint density at radius 3 is 2.82 bits per heavy atom. The molecule has 6 nitrogen and oxygen atoms in total. The van der Waals surface area contributed by atoms with Crippen LogP contribution in [0.3, 0.4) is 0 Å². The molecule has 1 N–H and O–H groups in total. The van der Waals surface area contributed by atoms with Crippen molar-refractivity contribution in [2.24, 2.45) is 5.92 Å². The summed E-state index contributed by atoms with van der Waals surface area (Å²) >= 11 is 0. The molecule has 2 rings (SSSR count). The molecule has 1 aliphatic heterocycles. The molecular formula is C16H22N4O2. The molecule has 1 aliphatic rings. The van der Waals surface area contributed by atoms with Gasteiger partial charge >= 0.3 is 0 Å². The molecule has 0 radical (unpaired) electrons. The molecule has 0 spiro atoms. The lowest BCUT2D eigenvalue weighted by Gasteiger charge is -2.32. The van der Waals surface area contributed by atoms with Crippen molar-refractivity contribution in [2.75, 3.05) is 31.7 Å². The number of nitrogens with zero attached hydrogens (tertiary/aromatic N) is 3. The lowest BCUT2D eigenvalue weighted by Crippen LogP contribution is -2.44. The van der Waals surface area contributed by atoms with Gasteiger partial charge in [-0.15, -0.1) is 0 Å². The second-order valence-electron chi connectivity index (χ2n) is 5.64. The Balaban J connectivity index is 1.84. The topological polar surface area (TPSA) is 78.2 Å².